The van der Waals surface area contributed by atoms with Gasteiger partial charge in [0.05, 0.1) is 19.1 Å². The second-order valence-electron chi connectivity index (χ2n) is 5.49. The van der Waals surface area contributed by atoms with Crippen LogP contribution < -0.4 is 10.6 Å². The van der Waals surface area contributed by atoms with E-state index in [-0.39, 0.29) is 23.9 Å². The van der Waals surface area contributed by atoms with Crippen LogP contribution in [0.25, 0.3) is 0 Å². The molecule has 6 nitrogen and oxygen atoms in total. The summed E-state index contributed by atoms with van der Waals surface area (Å²) >= 11 is 0. The fourth-order valence-corrected chi connectivity index (χ4v) is 1.46. The van der Waals surface area contributed by atoms with Crippen molar-refractivity contribution in [1.82, 2.24) is 10.6 Å². The van der Waals surface area contributed by atoms with E-state index < -0.39 is 12.0 Å². The number of carboxylic acid groups (broad SMARTS) is 1. The van der Waals surface area contributed by atoms with Crippen molar-refractivity contribution in [3.05, 3.63) is 0 Å². The van der Waals surface area contributed by atoms with E-state index in [0.29, 0.717) is 6.61 Å². The lowest BCUT2D eigenvalue weighted by molar-refractivity contribution is -0.138. The number of methoxy groups -OCH3 is 1. The zero-order valence-corrected chi connectivity index (χ0v) is 11.7. The molecule has 6 heteroatoms. The predicted octanol–water partition coefficient (Wildman–Crippen LogP) is 1.21. The zero-order chi connectivity index (χ0) is 14.3. The Morgan fingerprint density at radius 3 is 2.22 bits per heavy atom. The average molecular weight is 260 g/mol. The van der Waals surface area contributed by atoms with E-state index in [1.165, 1.54) is 0 Å². The highest BCUT2D eigenvalue weighted by atomic mass is 16.5. The number of hydrogen-bond donors (Lipinski definition) is 3. The highest BCUT2D eigenvalue weighted by Crippen LogP contribution is 2.21. The van der Waals surface area contributed by atoms with Crippen LogP contribution in [-0.2, 0) is 9.53 Å². The third kappa shape index (κ3) is 7.11. The van der Waals surface area contributed by atoms with Crippen molar-refractivity contribution in [3.8, 4) is 0 Å². The Morgan fingerprint density at radius 1 is 1.28 bits per heavy atom. The number of rotatable bonds is 6. The predicted molar refractivity (Wildman–Crippen MR) is 68.5 cm³/mol. The molecule has 0 aliphatic rings. The first-order chi connectivity index (χ1) is 8.16. The lowest BCUT2D eigenvalue weighted by Crippen LogP contribution is -2.51. The monoisotopic (exact) mass is 260 g/mol. The molecule has 0 aliphatic heterocycles. The first-order valence-electron chi connectivity index (χ1n) is 5.94. The quantitative estimate of drug-likeness (QED) is 0.670. The number of nitrogens with one attached hydrogen (secondary N) is 2. The minimum absolute atomic E-state index is 0.102. The molecule has 0 bridgehead atoms. The molecule has 0 saturated carbocycles. The molecule has 2 atom stereocenters. The summed E-state index contributed by atoms with van der Waals surface area (Å²) in [6.45, 7) is 7.89. The summed E-state index contributed by atoms with van der Waals surface area (Å²) in [6.07, 6.45) is -0.102. The van der Waals surface area contributed by atoms with E-state index in [9.17, 15) is 9.59 Å². The Bertz CT molecular complexity index is 286. The van der Waals surface area contributed by atoms with Crippen molar-refractivity contribution in [2.45, 2.75) is 46.2 Å². The van der Waals surface area contributed by atoms with Crippen LogP contribution in [0.5, 0.6) is 0 Å². The fraction of sp³-hybridized carbons (Fsp3) is 0.833. The number of aliphatic carboxylic acids is 1. The fourth-order valence-electron chi connectivity index (χ4n) is 1.46. The lowest BCUT2D eigenvalue weighted by Gasteiger charge is -2.30. The molecule has 0 aromatic heterocycles. The lowest BCUT2D eigenvalue weighted by atomic mass is 9.85. The molecule has 0 aromatic carbocycles. The standard InChI is InChI=1S/C12H24N2O4/c1-8(7-18-5)13-11(17)14-9(6-10(15)16)12(2,3)4/h8-9H,6-7H2,1-5H3,(H,15,16)(H2,13,14,17). The third-order valence-electron chi connectivity index (χ3n) is 2.52. The van der Waals surface area contributed by atoms with Crippen molar-refractivity contribution < 1.29 is 19.4 Å². The van der Waals surface area contributed by atoms with Crippen LogP contribution in [0.1, 0.15) is 34.1 Å². The Hall–Kier alpha value is -1.30. The Labute approximate surface area is 108 Å². The van der Waals surface area contributed by atoms with Crippen molar-refractivity contribution >= 4 is 12.0 Å². The van der Waals surface area contributed by atoms with Crippen molar-refractivity contribution in [2.75, 3.05) is 13.7 Å². The third-order valence-corrected chi connectivity index (χ3v) is 2.52. The van der Waals surface area contributed by atoms with Crippen LogP contribution >= 0.6 is 0 Å². The molecular weight excluding hydrogens is 236 g/mol. The van der Waals surface area contributed by atoms with Crippen molar-refractivity contribution in [3.63, 3.8) is 0 Å². The second-order valence-corrected chi connectivity index (χ2v) is 5.49. The molecule has 0 spiro atoms. The number of amides is 2. The van der Waals surface area contributed by atoms with Gasteiger partial charge in [0.25, 0.3) is 0 Å². The summed E-state index contributed by atoms with van der Waals surface area (Å²) in [5.41, 5.74) is -0.319. The van der Waals surface area contributed by atoms with Gasteiger partial charge < -0.3 is 20.5 Å². The van der Waals surface area contributed by atoms with Crippen LogP contribution in [0.2, 0.25) is 0 Å². The number of urea groups is 1. The van der Waals surface area contributed by atoms with Gasteiger partial charge in [-0.2, -0.15) is 0 Å². The molecule has 3 N–H and O–H groups in total. The van der Waals surface area contributed by atoms with Gasteiger partial charge in [-0.25, -0.2) is 4.79 Å². The average Bonchev–Trinajstić information content (AvgIpc) is 2.14. The molecule has 0 heterocycles. The van der Waals surface area contributed by atoms with Gasteiger partial charge in [0.1, 0.15) is 0 Å². The Morgan fingerprint density at radius 2 is 1.83 bits per heavy atom. The Kier molecular flexibility index (Phi) is 6.68. The van der Waals surface area contributed by atoms with E-state index in [2.05, 4.69) is 10.6 Å². The van der Waals surface area contributed by atoms with Gasteiger partial charge >= 0.3 is 12.0 Å². The van der Waals surface area contributed by atoms with Crippen LogP contribution in [0.4, 0.5) is 4.79 Å². The summed E-state index contributed by atoms with van der Waals surface area (Å²) in [7, 11) is 1.55. The van der Waals surface area contributed by atoms with Gasteiger partial charge in [0.15, 0.2) is 0 Å². The van der Waals surface area contributed by atoms with Crippen LogP contribution in [-0.4, -0.2) is 42.9 Å². The van der Waals surface area contributed by atoms with Crippen LogP contribution in [0, 0.1) is 5.41 Å². The second kappa shape index (κ2) is 7.20. The molecule has 0 aromatic rings. The van der Waals surface area contributed by atoms with Gasteiger partial charge in [-0.15, -0.1) is 0 Å². The van der Waals surface area contributed by atoms with E-state index >= 15 is 0 Å². The minimum Gasteiger partial charge on any atom is -0.481 e. The molecule has 0 rings (SSSR count). The topological polar surface area (TPSA) is 87.7 Å². The van der Waals surface area contributed by atoms with Crippen LogP contribution in [0.3, 0.4) is 0 Å². The number of carboxylic acids is 1. The van der Waals surface area contributed by atoms with Gasteiger partial charge in [0, 0.05) is 13.2 Å². The van der Waals surface area contributed by atoms with Crippen molar-refractivity contribution in [1.29, 1.82) is 0 Å². The number of ether oxygens (including phenoxy) is 1. The highest BCUT2D eigenvalue weighted by molar-refractivity contribution is 5.76. The maximum absolute atomic E-state index is 11.7. The maximum atomic E-state index is 11.7. The van der Waals surface area contributed by atoms with Gasteiger partial charge in [-0.05, 0) is 12.3 Å². The van der Waals surface area contributed by atoms with Gasteiger partial charge in [-0.1, -0.05) is 20.8 Å². The minimum atomic E-state index is -0.930. The summed E-state index contributed by atoms with van der Waals surface area (Å²) in [6, 6.07) is -0.925. The first kappa shape index (κ1) is 16.7. The molecular formula is C12H24N2O4. The summed E-state index contributed by atoms with van der Waals surface area (Å²) in [5.74, 6) is -0.930. The molecule has 0 fully saturated rings. The Balaban J connectivity index is 4.40. The molecule has 0 aliphatic carbocycles. The zero-order valence-electron chi connectivity index (χ0n) is 11.7. The van der Waals surface area contributed by atoms with Crippen molar-refractivity contribution in [2.24, 2.45) is 5.41 Å². The molecule has 2 unspecified atom stereocenters. The summed E-state index contributed by atoms with van der Waals surface area (Å²) < 4.78 is 4.90. The van der Waals surface area contributed by atoms with Crippen LogP contribution in [0.15, 0.2) is 0 Å². The molecule has 106 valence electrons. The van der Waals surface area contributed by atoms with E-state index in [0.717, 1.165) is 0 Å². The molecule has 0 radical (unpaired) electrons. The SMILES string of the molecule is COCC(C)NC(=O)NC(CC(=O)O)C(C)(C)C. The largest absolute Gasteiger partial charge is 0.481 e. The van der Waals surface area contributed by atoms with E-state index in [4.69, 9.17) is 9.84 Å². The summed E-state index contributed by atoms with van der Waals surface area (Å²) in [4.78, 5) is 22.5. The smallest absolute Gasteiger partial charge is 0.315 e. The van der Waals surface area contributed by atoms with Gasteiger partial charge in [0.2, 0.25) is 0 Å². The highest BCUT2D eigenvalue weighted by Gasteiger charge is 2.28. The first-order valence-corrected chi connectivity index (χ1v) is 5.94. The molecule has 18 heavy (non-hydrogen) atoms. The van der Waals surface area contributed by atoms with Gasteiger partial charge in [-0.3, -0.25) is 4.79 Å². The molecule has 0 saturated heterocycles. The normalized spacial score (nSPS) is 14.7. The number of carbonyl (C=O) groups excluding carboxylic acids is 1. The van der Waals surface area contributed by atoms with E-state index in [1.807, 2.05) is 27.7 Å². The number of carbonyl (C=O) groups is 2. The summed E-state index contributed by atoms with van der Waals surface area (Å²) in [5, 5.41) is 14.2. The van der Waals surface area contributed by atoms with E-state index in [1.54, 1.807) is 7.11 Å². The number of hydrogen-bond acceptors (Lipinski definition) is 3. The molecule has 2 amide bonds. The maximum Gasteiger partial charge on any atom is 0.315 e.